The van der Waals surface area contributed by atoms with Crippen molar-refractivity contribution in [1.82, 2.24) is 4.90 Å². The molecule has 0 radical (unpaired) electrons. The number of aryl methyl sites for hydroxylation is 1. The minimum atomic E-state index is -0.934. The van der Waals surface area contributed by atoms with E-state index in [1.165, 1.54) is 0 Å². The number of likely N-dealkylation sites (tertiary alicyclic amines) is 1. The van der Waals surface area contributed by atoms with Gasteiger partial charge in [0.05, 0.1) is 13.0 Å². The van der Waals surface area contributed by atoms with Crippen LogP contribution in [0.15, 0.2) is 18.2 Å². The normalized spacial score (nSPS) is 16.8. The summed E-state index contributed by atoms with van der Waals surface area (Å²) in [6, 6.07) is 5.82. The molecule has 140 valence electrons. The summed E-state index contributed by atoms with van der Waals surface area (Å²) in [5.41, 5.74) is 2.08. The Morgan fingerprint density at radius 2 is 2.19 bits per heavy atom. The molecule has 6 nitrogen and oxygen atoms in total. The van der Waals surface area contributed by atoms with Gasteiger partial charge in [-0.3, -0.25) is 9.59 Å². The molecule has 0 saturated carbocycles. The van der Waals surface area contributed by atoms with Crippen molar-refractivity contribution in [3.05, 3.63) is 40.7 Å². The third-order valence-corrected chi connectivity index (χ3v) is 4.79. The average Bonchev–Trinajstić information content (AvgIpc) is 2.63. The van der Waals surface area contributed by atoms with Gasteiger partial charge in [-0.15, -0.1) is 0 Å². The largest absolute Gasteiger partial charge is 0.494 e. The number of carbonyl (C=O) groups is 2. The molecule has 2 rings (SSSR count). The van der Waals surface area contributed by atoms with E-state index in [4.69, 9.17) is 16.4 Å². The van der Waals surface area contributed by atoms with E-state index in [-0.39, 0.29) is 18.7 Å². The van der Waals surface area contributed by atoms with Gasteiger partial charge in [0.1, 0.15) is 5.75 Å². The third-order valence-electron chi connectivity index (χ3n) is 4.79. The lowest BCUT2D eigenvalue weighted by Crippen LogP contribution is -2.40. The number of aliphatic carboxylic acids is 1. The van der Waals surface area contributed by atoms with Crippen molar-refractivity contribution in [2.45, 2.75) is 45.6 Å². The minimum absolute atomic E-state index is 0.0691. The predicted molar refractivity (Wildman–Crippen MR) is 97.8 cm³/mol. The third kappa shape index (κ3) is 6.07. The van der Waals surface area contributed by atoms with E-state index in [2.05, 4.69) is 4.85 Å². The van der Waals surface area contributed by atoms with Gasteiger partial charge in [0.25, 0.3) is 0 Å². The fourth-order valence-electron chi connectivity index (χ4n) is 3.24. The Morgan fingerprint density at radius 3 is 2.92 bits per heavy atom. The Hall–Kier alpha value is -2.55. The Balaban J connectivity index is 1.79. The van der Waals surface area contributed by atoms with Crippen molar-refractivity contribution in [3.8, 4) is 5.75 Å². The number of piperidine rings is 1. The number of carbonyl (C=O) groups excluding carboxylic acids is 1. The summed E-state index contributed by atoms with van der Waals surface area (Å²) in [5.74, 6) is 0.154. The number of rotatable bonds is 8. The zero-order valence-electron chi connectivity index (χ0n) is 15.2. The first-order chi connectivity index (χ1) is 12.5. The van der Waals surface area contributed by atoms with E-state index in [0.29, 0.717) is 32.2 Å². The molecular weight excluding hydrogens is 332 g/mol. The van der Waals surface area contributed by atoms with E-state index < -0.39 is 5.97 Å². The number of carboxylic acids is 1. The molecule has 1 amide bonds. The Morgan fingerprint density at radius 1 is 1.38 bits per heavy atom. The van der Waals surface area contributed by atoms with Crippen LogP contribution in [-0.4, -0.2) is 41.6 Å². The lowest BCUT2D eigenvalue weighted by Gasteiger charge is -2.32. The molecule has 1 fully saturated rings. The Kier molecular flexibility index (Phi) is 7.46. The van der Waals surface area contributed by atoms with Gasteiger partial charge in [-0.25, -0.2) is 6.57 Å². The highest BCUT2D eigenvalue weighted by Gasteiger charge is 2.23. The van der Waals surface area contributed by atoms with Crippen LogP contribution in [0.1, 0.15) is 43.2 Å². The van der Waals surface area contributed by atoms with Crippen LogP contribution in [0.3, 0.4) is 0 Å². The van der Waals surface area contributed by atoms with Crippen molar-refractivity contribution >= 4 is 11.9 Å². The number of hydrogen-bond donors (Lipinski definition) is 1. The SMILES string of the molecule is [C-]#[N+]Cc1cc(OCCC2CCCN(C(=O)CCC(=O)O)C2)ccc1C. The van der Waals surface area contributed by atoms with Gasteiger partial charge in [0.2, 0.25) is 12.5 Å². The second-order valence-electron chi connectivity index (χ2n) is 6.78. The van der Waals surface area contributed by atoms with E-state index in [0.717, 1.165) is 36.1 Å². The summed E-state index contributed by atoms with van der Waals surface area (Å²) in [5, 5.41) is 8.70. The monoisotopic (exact) mass is 358 g/mol. The molecule has 1 N–H and O–H groups in total. The van der Waals surface area contributed by atoms with E-state index in [1.54, 1.807) is 4.90 Å². The zero-order valence-corrected chi connectivity index (χ0v) is 15.2. The van der Waals surface area contributed by atoms with Gasteiger partial charge >= 0.3 is 5.97 Å². The smallest absolute Gasteiger partial charge is 0.303 e. The highest BCUT2D eigenvalue weighted by atomic mass is 16.5. The number of amides is 1. The number of hydrogen-bond acceptors (Lipinski definition) is 3. The highest BCUT2D eigenvalue weighted by molar-refractivity contribution is 5.80. The first-order valence-electron chi connectivity index (χ1n) is 9.04. The summed E-state index contributed by atoms with van der Waals surface area (Å²) in [6.07, 6.45) is 2.83. The molecule has 1 aromatic rings. The molecule has 1 unspecified atom stereocenters. The Bertz CT molecular complexity index is 681. The molecule has 1 saturated heterocycles. The van der Waals surface area contributed by atoms with E-state index in [1.807, 2.05) is 25.1 Å². The van der Waals surface area contributed by atoms with Crippen LogP contribution in [0, 0.1) is 19.4 Å². The van der Waals surface area contributed by atoms with Crippen molar-refractivity contribution in [3.63, 3.8) is 0 Å². The minimum Gasteiger partial charge on any atom is -0.494 e. The summed E-state index contributed by atoms with van der Waals surface area (Å²) in [6.45, 7) is 11.3. The summed E-state index contributed by atoms with van der Waals surface area (Å²) >= 11 is 0. The lowest BCUT2D eigenvalue weighted by molar-refractivity contribution is -0.141. The average molecular weight is 358 g/mol. The molecule has 0 aromatic heterocycles. The van der Waals surface area contributed by atoms with Gasteiger partial charge in [-0.1, -0.05) is 6.07 Å². The van der Waals surface area contributed by atoms with Gasteiger partial charge in [-0.2, -0.15) is 0 Å². The fourth-order valence-corrected chi connectivity index (χ4v) is 3.24. The van der Waals surface area contributed by atoms with Gasteiger partial charge in [0, 0.05) is 25.1 Å². The number of carboxylic acid groups (broad SMARTS) is 1. The van der Waals surface area contributed by atoms with Crippen LogP contribution in [-0.2, 0) is 16.1 Å². The molecule has 0 spiro atoms. The number of benzene rings is 1. The van der Waals surface area contributed by atoms with Crippen LogP contribution in [0.4, 0.5) is 0 Å². The van der Waals surface area contributed by atoms with Gasteiger partial charge < -0.3 is 19.6 Å². The highest BCUT2D eigenvalue weighted by Crippen LogP contribution is 2.22. The molecule has 1 aromatic carbocycles. The maximum absolute atomic E-state index is 12.1. The molecule has 0 aliphatic carbocycles. The van der Waals surface area contributed by atoms with E-state index >= 15 is 0 Å². The Labute approximate surface area is 154 Å². The summed E-state index contributed by atoms with van der Waals surface area (Å²) in [4.78, 5) is 27.9. The summed E-state index contributed by atoms with van der Waals surface area (Å²) < 4.78 is 5.84. The molecular formula is C20H26N2O4. The quantitative estimate of drug-likeness (QED) is 0.724. The molecule has 1 aliphatic heterocycles. The van der Waals surface area contributed by atoms with Crippen LogP contribution < -0.4 is 4.74 Å². The van der Waals surface area contributed by atoms with Crippen molar-refractivity contribution in [2.75, 3.05) is 19.7 Å². The van der Waals surface area contributed by atoms with Crippen molar-refractivity contribution in [1.29, 1.82) is 0 Å². The molecule has 6 heteroatoms. The molecule has 0 bridgehead atoms. The second-order valence-corrected chi connectivity index (χ2v) is 6.78. The van der Waals surface area contributed by atoms with Crippen molar-refractivity contribution < 1.29 is 19.4 Å². The summed E-state index contributed by atoms with van der Waals surface area (Å²) in [7, 11) is 0. The molecule has 1 aliphatic rings. The second kappa shape index (κ2) is 9.81. The van der Waals surface area contributed by atoms with E-state index in [9.17, 15) is 9.59 Å². The lowest BCUT2D eigenvalue weighted by atomic mass is 9.95. The maximum Gasteiger partial charge on any atom is 0.303 e. The van der Waals surface area contributed by atoms with Crippen LogP contribution >= 0.6 is 0 Å². The van der Waals surface area contributed by atoms with Gasteiger partial charge in [-0.05, 0) is 49.8 Å². The van der Waals surface area contributed by atoms with Gasteiger partial charge in [0.15, 0.2) is 0 Å². The first-order valence-corrected chi connectivity index (χ1v) is 9.04. The molecule has 1 heterocycles. The van der Waals surface area contributed by atoms with Crippen LogP contribution in [0.25, 0.3) is 4.85 Å². The number of ether oxygens (including phenoxy) is 1. The fraction of sp³-hybridized carbons (Fsp3) is 0.550. The first kappa shape index (κ1) is 19.8. The van der Waals surface area contributed by atoms with Crippen LogP contribution in [0.5, 0.6) is 5.75 Å². The zero-order chi connectivity index (χ0) is 18.9. The molecule has 1 atom stereocenters. The van der Waals surface area contributed by atoms with Crippen LogP contribution in [0.2, 0.25) is 0 Å². The number of nitrogens with zero attached hydrogens (tertiary/aromatic N) is 2. The predicted octanol–water partition coefficient (Wildman–Crippen LogP) is 3.29. The van der Waals surface area contributed by atoms with Crippen molar-refractivity contribution in [2.24, 2.45) is 5.92 Å². The topological polar surface area (TPSA) is 71.2 Å². The standard InChI is InChI=1S/C20H26N2O4/c1-15-5-6-18(12-17(15)13-21-2)26-11-9-16-4-3-10-22(14-16)19(23)7-8-20(24)25/h5-6,12,16H,3-4,7-11,13-14H2,1H3,(H,24,25). The maximum atomic E-state index is 12.1. The molecule has 26 heavy (non-hydrogen) atoms.